The molecule has 0 aliphatic carbocycles. The molecule has 2 aromatic rings. The lowest BCUT2D eigenvalue weighted by atomic mass is 10.0. The lowest BCUT2D eigenvalue weighted by Crippen LogP contribution is -2.14. The first kappa shape index (κ1) is 17.2. The number of hydrogen-bond acceptors (Lipinski definition) is 2. The van der Waals surface area contributed by atoms with Gasteiger partial charge in [-0.15, -0.1) is 0 Å². The van der Waals surface area contributed by atoms with Gasteiger partial charge in [0.1, 0.15) is 17.5 Å². The maximum Gasteiger partial charge on any atom is 0.416 e. The molecule has 0 aromatic heterocycles. The van der Waals surface area contributed by atoms with Crippen molar-refractivity contribution in [3.8, 4) is 6.07 Å². The Hall–Kier alpha value is -3.14. The second kappa shape index (κ2) is 6.96. The highest BCUT2D eigenvalue weighted by Crippen LogP contribution is 2.32. The first-order valence-corrected chi connectivity index (χ1v) is 6.66. The quantitative estimate of drug-likeness (QED) is 0.514. The summed E-state index contributed by atoms with van der Waals surface area (Å²) in [5.74, 6) is -1.40. The zero-order chi connectivity index (χ0) is 17.7. The zero-order valence-corrected chi connectivity index (χ0v) is 12.1. The van der Waals surface area contributed by atoms with Gasteiger partial charge < -0.3 is 5.32 Å². The third-order valence-electron chi connectivity index (χ3n) is 3.03. The minimum absolute atomic E-state index is 0.214. The molecule has 0 unspecified atom stereocenters. The van der Waals surface area contributed by atoms with Crippen LogP contribution in [0.5, 0.6) is 0 Å². The van der Waals surface area contributed by atoms with Crippen molar-refractivity contribution >= 4 is 17.7 Å². The van der Waals surface area contributed by atoms with Crippen LogP contribution in [0.4, 0.5) is 23.2 Å². The van der Waals surface area contributed by atoms with E-state index >= 15 is 0 Å². The number of halogens is 4. The second-order valence-corrected chi connectivity index (χ2v) is 4.72. The van der Waals surface area contributed by atoms with E-state index in [1.807, 2.05) is 0 Å². The molecule has 122 valence electrons. The molecule has 0 aliphatic rings. The standard InChI is InChI=1S/C17H10F4N2O/c18-13-5-7-14(8-6-13)23-16(24)12(10-22)9-11-3-1-2-4-15(11)17(19,20)21/h1-9H,(H,23,24)/b12-9+. The molecule has 3 nitrogen and oxygen atoms in total. The first-order chi connectivity index (χ1) is 11.3. The van der Waals surface area contributed by atoms with E-state index in [1.54, 1.807) is 6.07 Å². The van der Waals surface area contributed by atoms with Crippen LogP contribution in [0.1, 0.15) is 11.1 Å². The third kappa shape index (κ3) is 4.20. The number of amides is 1. The van der Waals surface area contributed by atoms with E-state index in [0.29, 0.717) is 0 Å². The smallest absolute Gasteiger partial charge is 0.321 e. The van der Waals surface area contributed by atoms with Crippen molar-refractivity contribution in [2.24, 2.45) is 0 Å². The summed E-state index contributed by atoms with van der Waals surface area (Å²) in [5.41, 5.74) is -1.54. The summed E-state index contributed by atoms with van der Waals surface area (Å²) >= 11 is 0. The number of nitriles is 1. The highest BCUT2D eigenvalue weighted by atomic mass is 19.4. The van der Waals surface area contributed by atoms with Crippen molar-refractivity contribution in [3.63, 3.8) is 0 Å². The van der Waals surface area contributed by atoms with Gasteiger partial charge in [-0.1, -0.05) is 18.2 Å². The number of rotatable bonds is 3. The van der Waals surface area contributed by atoms with Gasteiger partial charge >= 0.3 is 6.18 Å². The minimum atomic E-state index is -4.61. The van der Waals surface area contributed by atoms with Crippen molar-refractivity contribution in [2.45, 2.75) is 6.18 Å². The van der Waals surface area contributed by atoms with Gasteiger partial charge in [0.15, 0.2) is 0 Å². The van der Waals surface area contributed by atoms with Crippen LogP contribution < -0.4 is 5.32 Å². The summed E-state index contributed by atoms with van der Waals surface area (Å²) in [7, 11) is 0. The van der Waals surface area contributed by atoms with Crippen molar-refractivity contribution < 1.29 is 22.4 Å². The number of carbonyl (C=O) groups excluding carboxylic acids is 1. The topological polar surface area (TPSA) is 52.9 Å². The number of benzene rings is 2. The largest absolute Gasteiger partial charge is 0.416 e. The van der Waals surface area contributed by atoms with Gasteiger partial charge in [-0.3, -0.25) is 4.79 Å². The molecule has 7 heteroatoms. The van der Waals surface area contributed by atoms with Crippen LogP contribution in [0.15, 0.2) is 54.1 Å². The monoisotopic (exact) mass is 334 g/mol. The van der Waals surface area contributed by atoms with E-state index in [4.69, 9.17) is 5.26 Å². The second-order valence-electron chi connectivity index (χ2n) is 4.72. The molecule has 0 heterocycles. The Morgan fingerprint density at radius 2 is 1.71 bits per heavy atom. The van der Waals surface area contributed by atoms with Crippen LogP contribution in [0, 0.1) is 17.1 Å². The van der Waals surface area contributed by atoms with Gasteiger partial charge in [0, 0.05) is 5.69 Å². The van der Waals surface area contributed by atoms with Crippen molar-refractivity contribution in [3.05, 3.63) is 71.0 Å². The molecule has 2 rings (SSSR count). The average molecular weight is 334 g/mol. The molecule has 1 amide bonds. The van der Waals surface area contributed by atoms with Gasteiger partial charge in [-0.05, 0) is 42.0 Å². The molecule has 0 saturated heterocycles. The zero-order valence-electron chi connectivity index (χ0n) is 12.1. The number of anilines is 1. The Morgan fingerprint density at radius 3 is 2.29 bits per heavy atom. The molecule has 0 atom stereocenters. The predicted molar refractivity (Wildman–Crippen MR) is 80.1 cm³/mol. The number of hydrogen-bond donors (Lipinski definition) is 1. The number of nitrogens with one attached hydrogen (secondary N) is 1. The fraction of sp³-hybridized carbons (Fsp3) is 0.0588. The molecular weight excluding hydrogens is 324 g/mol. The van der Waals surface area contributed by atoms with Gasteiger partial charge in [0.05, 0.1) is 5.56 Å². The summed E-state index contributed by atoms with van der Waals surface area (Å²) in [5, 5.41) is 11.4. The van der Waals surface area contributed by atoms with Gasteiger partial charge in [0.25, 0.3) is 5.91 Å². The third-order valence-corrected chi connectivity index (χ3v) is 3.03. The highest BCUT2D eigenvalue weighted by Gasteiger charge is 2.32. The molecule has 0 aliphatic heterocycles. The van der Waals surface area contributed by atoms with Crippen molar-refractivity contribution in [2.75, 3.05) is 5.32 Å². The lowest BCUT2D eigenvalue weighted by molar-refractivity contribution is -0.137. The fourth-order valence-corrected chi connectivity index (χ4v) is 1.92. The molecule has 0 spiro atoms. The molecule has 2 aromatic carbocycles. The average Bonchev–Trinajstić information content (AvgIpc) is 2.54. The Labute approximate surface area is 134 Å². The van der Waals surface area contributed by atoms with Crippen molar-refractivity contribution in [1.82, 2.24) is 0 Å². The Kier molecular flexibility index (Phi) is 4.99. The summed E-state index contributed by atoms with van der Waals surface area (Å²) in [6, 6.07) is 10.9. The normalized spacial score (nSPS) is 11.7. The van der Waals surface area contributed by atoms with Crippen LogP contribution >= 0.6 is 0 Å². The van der Waals surface area contributed by atoms with Crippen molar-refractivity contribution in [1.29, 1.82) is 5.26 Å². The molecule has 1 N–H and O–H groups in total. The molecule has 0 fully saturated rings. The van der Waals surface area contributed by atoms with E-state index < -0.39 is 29.0 Å². The minimum Gasteiger partial charge on any atom is -0.321 e. The molecule has 0 radical (unpaired) electrons. The van der Waals surface area contributed by atoms with Gasteiger partial charge in [0.2, 0.25) is 0 Å². The maximum absolute atomic E-state index is 12.9. The van der Waals surface area contributed by atoms with E-state index in [9.17, 15) is 22.4 Å². The van der Waals surface area contributed by atoms with E-state index in [-0.39, 0.29) is 11.3 Å². The summed E-state index contributed by atoms with van der Waals surface area (Å²) in [6.07, 6.45) is -3.75. The SMILES string of the molecule is N#C/C(=C\c1ccccc1C(F)(F)F)C(=O)Nc1ccc(F)cc1. The number of carbonyl (C=O) groups is 1. The van der Waals surface area contributed by atoms with Gasteiger partial charge in [-0.25, -0.2) is 4.39 Å². The van der Waals surface area contributed by atoms with Crippen LogP contribution in [-0.4, -0.2) is 5.91 Å². The highest BCUT2D eigenvalue weighted by molar-refractivity contribution is 6.09. The summed E-state index contributed by atoms with van der Waals surface area (Å²) in [4.78, 5) is 12.0. The van der Waals surface area contributed by atoms with Crippen LogP contribution in [0.25, 0.3) is 6.08 Å². The van der Waals surface area contributed by atoms with E-state index in [0.717, 1.165) is 30.3 Å². The van der Waals surface area contributed by atoms with E-state index in [2.05, 4.69) is 5.32 Å². The molecule has 0 bridgehead atoms. The fourth-order valence-electron chi connectivity index (χ4n) is 1.92. The Bertz CT molecular complexity index is 818. The summed E-state index contributed by atoms with van der Waals surface area (Å²) < 4.78 is 51.6. The van der Waals surface area contributed by atoms with Crippen LogP contribution in [0.2, 0.25) is 0 Å². The van der Waals surface area contributed by atoms with Crippen LogP contribution in [-0.2, 0) is 11.0 Å². The number of alkyl halides is 3. The molecule has 24 heavy (non-hydrogen) atoms. The first-order valence-electron chi connectivity index (χ1n) is 6.66. The Balaban J connectivity index is 2.32. The maximum atomic E-state index is 12.9. The van der Waals surface area contributed by atoms with Crippen LogP contribution in [0.3, 0.4) is 0 Å². The Morgan fingerprint density at radius 1 is 1.08 bits per heavy atom. The summed E-state index contributed by atoms with van der Waals surface area (Å²) in [6.45, 7) is 0. The lowest BCUT2D eigenvalue weighted by Gasteiger charge is -2.10. The predicted octanol–water partition coefficient (Wildman–Crippen LogP) is 4.39. The molecule has 0 saturated carbocycles. The number of nitrogens with zero attached hydrogens (tertiary/aromatic N) is 1. The van der Waals surface area contributed by atoms with E-state index in [1.165, 1.54) is 24.3 Å². The van der Waals surface area contributed by atoms with Gasteiger partial charge in [-0.2, -0.15) is 18.4 Å². The molecular formula is C17H10F4N2O.